The number of rotatable bonds is 6. The molecular weight excluding hydrogens is 252 g/mol. The molecule has 0 atom stereocenters. The number of nitrogens with zero attached hydrogens (tertiary/aromatic N) is 2. The van der Waals surface area contributed by atoms with Crippen molar-refractivity contribution in [2.75, 3.05) is 5.43 Å². The van der Waals surface area contributed by atoms with Crippen LogP contribution in [0, 0.1) is 6.92 Å². The lowest BCUT2D eigenvalue weighted by atomic mass is 10.1. The van der Waals surface area contributed by atoms with Crippen molar-refractivity contribution in [3.05, 3.63) is 33.8 Å². The summed E-state index contributed by atoms with van der Waals surface area (Å²) < 4.78 is 0. The van der Waals surface area contributed by atoms with Gasteiger partial charge in [-0.05, 0) is 38.2 Å². The molecule has 5 heteroatoms. The van der Waals surface area contributed by atoms with Crippen LogP contribution in [0.2, 0.25) is 0 Å². The van der Waals surface area contributed by atoms with Crippen LogP contribution in [0.5, 0.6) is 0 Å². The van der Waals surface area contributed by atoms with E-state index in [4.69, 9.17) is 0 Å². The third kappa shape index (κ3) is 4.05. The van der Waals surface area contributed by atoms with Crippen LogP contribution >= 0.6 is 0 Å². The lowest BCUT2D eigenvalue weighted by Gasteiger charge is -2.06. The molecular formula is C15H22N4O. The number of hydrogen-bond donors (Lipinski definition) is 2. The number of hydrazone groups is 1. The largest absolute Gasteiger partial charge is 0.291 e. The van der Waals surface area contributed by atoms with Crippen LogP contribution in [0.1, 0.15) is 51.1 Å². The van der Waals surface area contributed by atoms with Crippen LogP contribution < -0.4 is 11.0 Å². The SMILES string of the molecule is CCCCCC1=CCC/C1=N/Nc1nc(C)cc(=O)[nH]1. The molecule has 0 bridgehead atoms. The summed E-state index contributed by atoms with van der Waals surface area (Å²) in [6, 6.07) is 1.46. The van der Waals surface area contributed by atoms with Crippen LogP contribution in [0.4, 0.5) is 5.95 Å². The van der Waals surface area contributed by atoms with E-state index in [9.17, 15) is 4.79 Å². The second-order valence-corrected chi connectivity index (χ2v) is 5.13. The lowest BCUT2D eigenvalue weighted by molar-refractivity contribution is 0.722. The molecule has 20 heavy (non-hydrogen) atoms. The number of hydrogen-bond acceptors (Lipinski definition) is 4. The van der Waals surface area contributed by atoms with E-state index < -0.39 is 0 Å². The van der Waals surface area contributed by atoms with Crippen molar-refractivity contribution < 1.29 is 0 Å². The Bertz CT molecular complexity index is 571. The minimum absolute atomic E-state index is 0.162. The predicted molar refractivity (Wildman–Crippen MR) is 82.1 cm³/mol. The molecule has 1 heterocycles. The molecule has 1 aromatic heterocycles. The maximum absolute atomic E-state index is 11.4. The molecule has 0 aliphatic heterocycles. The molecule has 0 fully saturated rings. The Labute approximate surface area is 119 Å². The third-order valence-corrected chi connectivity index (χ3v) is 3.36. The highest BCUT2D eigenvalue weighted by molar-refractivity contribution is 6.02. The number of nitrogens with one attached hydrogen (secondary N) is 2. The van der Waals surface area contributed by atoms with E-state index in [2.05, 4.69) is 33.5 Å². The van der Waals surface area contributed by atoms with Gasteiger partial charge in [0, 0.05) is 11.8 Å². The van der Waals surface area contributed by atoms with E-state index >= 15 is 0 Å². The van der Waals surface area contributed by atoms with E-state index in [1.165, 1.54) is 30.9 Å². The molecule has 0 saturated carbocycles. The first-order valence-corrected chi connectivity index (χ1v) is 7.29. The van der Waals surface area contributed by atoms with Crippen molar-refractivity contribution in [3.8, 4) is 0 Å². The summed E-state index contributed by atoms with van der Waals surface area (Å²) in [6.07, 6.45) is 9.07. The summed E-state index contributed by atoms with van der Waals surface area (Å²) in [6.45, 7) is 4.00. The van der Waals surface area contributed by atoms with Crippen molar-refractivity contribution in [1.29, 1.82) is 0 Å². The minimum atomic E-state index is -0.162. The van der Waals surface area contributed by atoms with E-state index in [0.717, 1.165) is 25.0 Å². The van der Waals surface area contributed by atoms with Gasteiger partial charge >= 0.3 is 0 Å². The topological polar surface area (TPSA) is 70.1 Å². The number of anilines is 1. The number of allylic oxidation sites excluding steroid dienone is 2. The molecule has 0 unspecified atom stereocenters. The Morgan fingerprint density at radius 2 is 2.30 bits per heavy atom. The van der Waals surface area contributed by atoms with Gasteiger partial charge in [0.2, 0.25) is 5.95 Å². The van der Waals surface area contributed by atoms with E-state index in [-0.39, 0.29) is 5.56 Å². The van der Waals surface area contributed by atoms with Gasteiger partial charge in [-0.25, -0.2) is 10.4 Å². The fraction of sp³-hybridized carbons (Fsp3) is 0.533. The molecule has 0 radical (unpaired) electrons. The predicted octanol–water partition coefficient (Wildman–Crippen LogP) is 3.15. The van der Waals surface area contributed by atoms with Gasteiger partial charge in [0.25, 0.3) is 5.56 Å². The third-order valence-electron chi connectivity index (χ3n) is 3.36. The van der Waals surface area contributed by atoms with Gasteiger partial charge in [-0.3, -0.25) is 9.78 Å². The molecule has 0 saturated heterocycles. The fourth-order valence-corrected chi connectivity index (χ4v) is 2.35. The number of aryl methyl sites for hydroxylation is 1. The highest BCUT2D eigenvalue weighted by atomic mass is 16.1. The van der Waals surface area contributed by atoms with Crippen molar-refractivity contribution in [1.82, 2.24) is 9.97 Å². The maximum Gasteiger partial charge on any atom is 0.252 e. The highest BCUT2D eigenvalue weighted by Gasteiger charge is 2.13. The quantitative estimate of drug-likeness (QED) is 0.618. The van der Waals surface area contributed by atoms with Crippen molar-refractivity contribution in [2.24, 2.45) is 5.10 Å². The van der Waals surface area contributed by atoms with Gasteiger partial charge < -0.3 is 0 Å². The molecule has 2 N–H and O–H groups in total. The number of unbranched alkanes of at least 4 members (excludes halogenated alkanes) is 2. The zero-order chi connectivity index (χ0) is 14.4. The van der Waals surface area contributed by atoms with E-state index in [0.29, 0.717) is 11.6 Å². The minimum Gasteiger partial charge on any atom is -0.291 e. The van der Waals surface area contributed by atoms with E-state index in [1.807, 2.05) is 0 Å². The first-order chi connectivity index (χ1) is 9.69. The van der Waals surface area contributed by atoms with E-state index in [1.54, 1.807) is 6.92 Å². The first-order valence-electron chi connectivity index (χ1n) is 7.29. The monoisotopic (exact) mass is 274 g/mol. The van der Waals surface area contributed by atoms with Crippen molar-refractivity contribution >= 4 is 11.7 Å². The van der Waals surface area contributed by atoms with Crippen molar-refractivity contribution in [2.45, 2.75) is 52.4 Å². The Morgan fingerprint density at radius 1 is 1.45 bits per heavy atom. The van der Waals surface area contributed by atoms with Crippen molar-refractivity contribution in [3.63, 3.8) is 0 Å². The molecule has 1 aliphatic rings. The fourth-order valence-electron chi connectivity index (χ4n) is 2.35. The molecule has 0 spiro atoms. The van der Waals surface area contributed by atoms with Crippen LogP contribution in [-0.2, 0) is 0 Å². The highest BCUT2D eigenvalue weighted by Crippen LogP contribution is 2.21. The summed E-state index contributed by atoms with van der Waals surface area (Å²) in [5.41, 5.74) is 5.81. The summed E-state index contributed by atoms with van der Waals surface area (Å²) in [5.74, 6) is 0.405. The smallest absolute Gasteiger partial charge is 0.252 e. The number of aromatic nitrogens is 2. The normalized spacial score (nSPS) is 16.5. The average Bonchev–Trinajstić information content (AvgIpc) is 2.83. The van der Waals surface area contributed by atoms with Gasteiger partial charge in [0.1, 0.15) is 0 Å². The second kappa shape index (κ2) is 7.03. The average molecular weight is 274 g/mol. The molecule has 1 aliphatic carbocycles. The Kier molecular flexibility index (Phi) is 5.09. The van der Waals surface area contributed by atoms with Crippen LogP contribution in [0.25, 0.3) is 0 Å². The zero-order valence-corrected chi connectivity index (χ0v) is 12.2. The zero-order valence-electron chi connectivity index (χ0n) is 12.2. The van der Waals surface area contributed by atoms with Gasteiger partial charge in [-0.1, -0.05) is 25.8 Å². The lowest BCUT2D eigenvalue weighted by Crippen LogP contribution is -2.11. The summed E-state index contributed by atoms with van der Waals surface area (Å²) >= 11 is 0. The Morgan fingerprint density at radius 3 is 3.05 bits per heavy atom. The number of aromatic amines is 1. The molecule has 108 valence electrons. The Balaban J connectivity index is 1.99. The molecule has 1 aromatic rings. The Hall–Kier alpha value is -1.91. The molecule has 0 aromatic carbocycles. The number of H-pyrrole nitrogens is 1. The standard InChI is InChI=1S/C15H22N4O/c1-3-4-5-7-12-8-6-9-13(12)18-19-15-16-11(2)10-14(20)17-15/h8,10H,3-7,9H2,1-2H3,(H2,16,17,19,20)/b18-13-. The summed E-state index contributed by atoms with van der Waals surface area (Å²) in [7, 11) is 0. The van der Waals surface area contributed by atoms with Gasteiger partial charge in [-0.2, -0.15) is 5.10 Å². The molecule has 0 amide bonds. The molecule has 2 rings (SSSR count). The van der Waals surface area contributed by atoms with Gasteiger partial charge in [0.05, 0.1) is 5.71 Å². The maximum atomic E-state index is 11.4. The summed E-state index contributed by atoms with van der Waals surface area (Å²) in [5, 5.41) is 4.40. The second-order valence-electron chi connectivity index (χ2n) is 5.13. The van der Waals surface area contributed by atoms with Gasteiger partial charge in [0.15, 0.2) is 0 Å². The summed E-state index contributed by atoms with van der Waals surface area (Å²) in [4.78, 5) is 18.2. The van der Waals surface area contributed by atoms with Crippen LogP contribution in [0.3, 0.4) is 0 Å². The molecule has 5 nitrogen and oxygen atoms in total. The van der Waals surface area contributed by atoms with Gasteiger partial charge in [-0.15, -0.1) is 0 Å². The van der Waals surface area contributed by atoms with Crippen LogP contribution in [0.15, 0.2) is 27.6 Å². The van der Waals surface area contributed by atoms with Crippen LogP contribution in [-0.4, -0.2) is 15.7 Å². The first kappa shape index (κ1) is 14.5.